The standard InChI is InChI=1S/C13H24BrNOS2/c1-16-12-10-8-9-11(14)13(12)15(17(2,3)4)18(5,6)7/h8-10H,1-7H3. The second kappa shape index (κ2) is 5.55. The molecular weight excluding hydrogens is 330 g/mol. The van der Waals surface area contributed by atoms with Crippen LogP contribution in [0.5, 0.6) is 5.75 Å². The van der Waals surface area contributed by atoms with Crippen molar-refractivity contribution in [3.8, 4) is 5.75 Å². The van der Waals surface area contributed by atoms with Crippen molar-refractivity contribution in [1.29, 1.82) is 0 Å². The molecule has 0 radical (unpaired) electrons. The van der Waals surface area contributed by atoms with E-state index in [0.717, 1.165) is 10.2 Å². The van der Waals surface area contributed by atoms with Gasteiger partial charge in [-0.2, -0.15) is 20.4 Å². The Bertz CT molecular complexity index is 410. The first-order chi connectivity index (χ1) is 8.09. The van der Waals surface area contributed by atoms with Crippen LogP contribution in [0.15, 0.2) is 22.7 Å². The van der Waals surface area contributed by atoms with Gasteiger partial charge in [-0.25, -0.2) is 0 Å². The molecule has 2 nitrogen and oxygen atoms in total. The Morgan fingerprint density at radius 3 is 1.89 bits per heavy atom. The fourth-order valence-corrected chi connectivity index (χ4v) is 9.65. The normalized spacial score (nSPS) is 14.2. The van der Waals surface area contributed by atoms with Crippen molar-refractivity contribution in [1.82, 2.24) is 0 Å². The minimum atomic E-state index is -0.870. The highest BCUT2D eigenvalue weighted by Crippen LogP contribution is 2.62. The summed E-state index contributed by atoms with van der Waals surface area (Å²) in [4.78, 5) is 0. The largest absolute Gasteiger partial charge is 0.494 e. The van der Waals surface area contributed by atoms with E-state index in [0.29, 0.717) is 0 Å². The third-order valence-electron chi connectivity index (χ3n) is 2.35. The zero-order valence-corrected chi connectivity index (χ0v) is 15.5. The highest BCUT2D eigenvalue weighted by atomic mass is 79.9. The molecule has 0 aromatic heterocycles. The number of nitrogens with zero attached hydrogens (tertiary/aromatic N) is 1. The lowest BCUT2D eigenvalue weighted by atomic mass is 10.3. The average molecular weight is 354 g/mol. The van der Waals surface area contributed by atoms with Gasteiger partial charge in [-0.15, -0.1) is 0 Å². The third-order valence-corrected chi connectivity index (χ3v) is 8.03. The Morgan fingerprint density at radius 2 is 1.50 bits per heavy atom. The van der Waals surface area contributed by atoms with Crippen molar-refractivity contribution in [2.75, 3.05) is 48.4 Å². The summed E-state index contributed by atoms with van der Waals surface area (Å²) in [5.74, 6) is 0.939. The van der Waals surface area contributed by atoms with Crippen LogP contribution in [0.25, 0.3) is 0 Å². The second-order valence-electron chi connectivity index (χ2n) is 5.59. The maximum atomic E-state index is 5.55. The molecule has 0 saturated heterocycles. The number of ether oxygens (including phenoxy) is 1. The number of hydrogen-bond donors (Lipinski definition) is 0. The zero-order chi connectivity index (χ0) is 14.1. The zero-order valence-electron chi connectivity index (χ0n) is 12.3. The van der Waals surface area contributed by atoms with Crippen molar-refractivity contribution in [3.05, 3.63) is 22.7 Å². The molecule has 0 aliphatic carbocycles. The molecule has 1 aromatic rings. The highest BCUT2D eigenvalue weighted by Gasteiger charge is 2.29. The molecule has 0 amide bonds. The van der Waals surface area contributed by atoms with Gasteiger partial charge in [-0.05, 0) is 65.6 Å². The minimum absolute atomic E-state index is 0.870. The minimum Gasteiger partial charge on any atom is -0.494 e. The summed E-state index contributed by atoms with van der Waals surface area (Å²) in [7, 11) is -0.00523. The van der Waals surface area contributed by atoms with Crippen LogP contribution in [0.4, 0.5) is 5.69 Å². The Balaban J connectivity index is 3.49. The van der Waals surface area contributed by atoms with Gasteiger partial charge in [0.15, 0.2) is 0 Å². The van der Waals surface area contributed by atoms with E-state index in [1.54, 1.807) is 7.11 Å². The number of hydrogen-bond acceptors (Lipinski definition) is 2. The summed E-state index contributed by atoms with van der Waals surface area (Å²) in [6, 6.07) is 6.13. The van der Waals surface area contributed by atoms with E-state index in [2.05, 4.69) is 63.2 Å². The van der Waals surface area contributed by atoms with E-state index < -0.39 is 20.4 Å². The second-order valence-corrected chi connectivity index (χ2v) is 14.5. The molecule has 0 aliphatic heterocycles. The highest BCUT2D eigenvalue weighted by molar-refractivity contribution is 9.10. The lowest BCUT2D eigenvalue weighted by Gasteiger charge is -2.53. The fraction of sp³-hybridized carbons (Fsp3) is 0.538. The Kier molecular flexibility index (Phi) is 4.95. The predicted octanol–water partition coefficient (Wildman–Crippen LogP) is 4.48. The summed E-state index contributed by atoms with van der Waals surface area (Å²) < 4.78 is 9.21. The molecule has 0 N–H and O–H groups in total. The van der Waals surface area contributed by atoms with E-state index in [9.17, 15) is 0 Å². The summed E-state index contributed by atoms with van der Waals surface area (Å²) >= 11 is 3.68. The van der Waals surface area contributed by atoms with Crippen LogP contribution in [-0.4, -0.2) is 44.6 Å². The molecule has 0 unspecified atom stereocenters. The first kappa shape index (κ1) is 16.1. The molecule has 18 heavy (non-hydrogen) atoms. The number of anilines is 1. The third kappa shape index (κ3) is 3.52. The van der Waals surface area contributed by atoms with Crippen LogP contribution in [0.2, 0.25) is 0 Å². The van der Waals surface area contributed by atoms with Crippen LogP contribution in [-0.2, 0) is 0 Å². The first-order valence-corrected chi connectivity index (χ1v) is 12.0. The maximum Gasteiger partial charge on any atom is 0.145 e. The summed E-state index contributed by atoms with van der Waals surface area (Å²) in [6.45, 7) is 0. The average Bonchev–Trinajstić information content (AvgIpc) is 2.16. The molecule has 5 heteroatoms. The first-order valence-electron chi connectivity index (χ1n) is 5.58. The van der Waals surface area contributed by atoms with Crippen molar-refractivity contribution >= 4 is 42.0 Å². The molecule has 0 aliphatic rings. The smallest absolute Gasteiger partial charge is 0.145 e. The lowest BCUT2D eigenvalue weighted by Crippen LogP contribution is -2.28. The van der Waals surface area contributed by atoms with Gasteiger partial charge in [0.25, 0.3) is 0 Å². The monoisotopic (exact) mass is 353 g/mol. The van der Waals surface area contributed by atoms with Crippen molar-refractivity contribution in [2.24, 2.45) is 0 Å². The van der Waals surface area contributed by atoms with E-state index in [1.165, 1.54) is 5.69 Å². The quantitative estimate of drug-likeness (QED) is 0.790. The Labute approximate surface area is 123 Å². The van der Waals surface area contributed by atoms with Gasteiger partial charge in [0.05, 0.1) is 7.11 Å². The molecule has 0 bridgehead atoms. The number of benzene rings is 1. The van der Waals surface area contributed by atoms with Gasteiger partial charge >= 0.3 is 0 Å². The van der Waals surface area contributed by atoms with Crippen LogP contribution in [0.1, 0.15) is 0 Å². The lowest BCUT2D eigenvalue weighted by molar-refractivity contribution is 0.416. The molecule has 0 fully saturated rings. The van der Waals surface area contributed by atoms with Gasteiger partial charge in [-0.3, -0.25) is 3.71 Å². The maximum absolute atomic E-state index is 5.55. The van der Waals surface area contributed by atoms with Crippen LogP contribution < -0.4 is 8.45 Å². The van der Waals surface area contributed by atoms with Crippen LogP contribution >= 0.6 is 36.4 Å². The summed E-state index contributed by atoms with van der Waals surface area (Å²) in [6.07, 6.45) is 13.9. The molecule has 1 rings (SSSR count). The number of methoxy groups -OCH3 is 1. The van der Waals surface area contributed by atoms with E-state index in [4.69, 9.17) is 4.74 Å². The van der Waals surface area contributed by atoms with E-state index >= 15 is 0 Å². The van der Waals surface area contributed by atoms with E-state index in [-0.39, 0.29) is 0 Å². The van der Waals surface area contributed by atoms with Gasteiger partial charge in [0.1, 0.15) is 11.4 Å². The Morgan fingerprint density at radius 1 is 1.00 bits per heavy atom. The number of rotatable bonds is 4. The van der Waals surface area contributed by atoms with Crippen molar-refractivity contribution < 1.29 is 4.74 Å². The topological polar surface area (TPSA) is 12.5 Å². The number of para-hydroxylation sites is 1. The van der Waals surface area contributed by atoms with Crippen molar-refractivity contribution in [3.63, 3.8) is 0 Å². The molecular formula is C13H24BrNOS2. The molecule has 1 aromatic carbocycles. The molecule has 0 atom stereocenters. The molecule has 0 spiro atoms. The van der Waals surface area contributed by atoms with Crippen LogP contribution in [0.3, 0.4) is 0 Å². The van der Waals surface area contributed by atoms with Gasteiger partial charge in [-0.1, -0.05) is 6.07 Å². The molecule has 0 saturated carbocycles. The van der Waals surface area contributed by atoms with Gasteiger partial charge in [0.2, 0.25) is 0 Å². The van der Waals surface area contributed by atoms with Crippen molar-refractivity contribution in [2.45, 2.75) is 0 Å². The summed E-state index contributed by atoms with van der Waals surface area (Å²) in [5, 5.41) is 0. The molecule has 0 heterocycles. The summed E-state index contributed by atoms with van der Waals surface area (Å²) in [5.41, 5.74) is 1.19. The van der Waals surface area contributed by atoms with Gasteiger partial charge < -0.3 is 4.74 Å². The van der Waals surface area contributed by atoms with Crippen LogP contribution in [0, 0.1) is 0 Å². The SMILES string of the molecule is COc1cccc(Br)c1N(S(C)(C)C)S(C)(C)C. The van der Waals surface area contributed by atoms with E-state index in [1.807, 2.05) is 12.1 Å². The fourth-order valence-electron chi connectivity index (χ4n) is 2.06. The van der Waals surface area contributed by atoms with Gasteiger partial charge in [0, 0.05) is 4.47 Å². The predicted molar refractivity (Wildman–Crippen MR) is 93.9 cm³/mol. The number of halogens is 1. The Hall–Kier alpha value is -0.000000000000000222. The molecule has 106 valence electrons.